The Morgan fingerprint density at radius 3 is 2.61 bits per heavy atom. The molecule has 0 aliphatic rings. The molecular weight excluding hydrogens is 446 g/mol. The number of aryl methyl sites for hydroxylation is 1. The molecule has 0 aliphatic heterocycles. The molecule has 10 nitrogen and oxygen atoms in total. The molecule has 0 amide bonds. The molecule has 33 heavy (non-hydrogen) atoms. The highest BCUT2D eigenvalue weighted by Gasteiger charge is 2.20. The Kier molecular flexibility index (Phi) is 6.00. The first-order chi connectivity index (χ1) is 15.7. The van der Waals surface area contributed by atoms with Crippen molar-refractivity contribution in [2.75, 3.05) is 14.1 Å². The van der Waals surface area contributed by atoms with Gasteiger partial charge in [0.05, 0.1) is 33.2 Å². The van der Waals surface area contributed by atoms with Gasteiger partial charge in [-0.3, -0.25) is 14.2 Å². The van der Waals surface area contributed by atoms with E-state index < -0.39 is 16.0 Å². The Bertz CT molecular complexity index is 1520. The van der Waals surface area contributed by atoms with Gasteiger partial charge in [-0.05, 0) is 37.3 Å². The lowest BCUT2D eigenvalue weighted by molar-refractivity contribution is -0.146. The van der Waals surface area contributed by atoms with E-state index in [1.54, 1.807) is 30.3 Å². The first-order valence-electron chi connectivity index (χ1n) is 10.2. The molecule has 0 bridgehead atoms. The molecule has 0 N–H and O–H groups in total. The second-order valence-electron chi connectivity index (χ2n) is 7.57. The van der Waals surface area contributed by atoms with Crippen molar-refractivity contribution in [1.82, 2.24) is 23.4 Å². The van der Waals surface area contributed by atoms with Crippen LogP contribution < -0.4 is 5.56 Å². The number of para-hydroxylation sites is 1. The third kappa shape index (κ3) is 4.24. The van der Waals surface area contributed by atoms with E-state index in [0.717, 1.165) is 9.82 Å². The van der Waals surface area contributed by atoms with Crippen molar-refractivity contribution in [1.29, 1.82) is 0 Å². The van der Waals surface area contributed by atoms with Gasteiger partial charge in [0.25, 0.3) is 5.56 Å². The number of rotatable bonds is 7. The summed E-state index contributed by atoms with van der Waals surface area (Å²) in [7, 11) is -0.671. The number of fused-ring (bicyclic) bond motifs is 2. The lowest BCUT2D eigenvalue weighted by Gasteiger charge is -2.11. The first-order valence-corrected chi connectivity index (χ1v) is 11.7. The molecule has 0 unspecified atom stereocenters. The maximum absolute atomic E-state index is 12.6. The number of carbonyl (C=O) groups is 1. The lowest BCUT2D eigenvalue weighted by Crippen LogP contribution is -2.25. The molecule has 2 aromatic carbocycles. The first kappa shape index (κ1) is 22.6. The summed E-state index contributed by atoms with van der Waals surface area (Å²) in [4.78, 5) is 33.8. The van der Waals surface area contributed by atoms with Gasteiger partial charge in [-0.15, -0.1) is 0 Å². The maximum Gasteiger partial charge on any atom is 0.326 e. The Morgan fingerprint density at radius 1 is 1.12 bits per heavy atom. The minimum absolute atomic E-state index is 0.118. The number of esters is 1. The van der Waals surface area contributed by atoms with Crippen LogP contribution in [0.3, 0.4) is 0 Å². The summed E-state index contributed by atoms with van der Waals surface area (Å²) in [6, 6.07) is 11.6. The number of nitrogens with zero attached hydrogens (tertiary/aromatic N) is 5. The zero-order valence-electron chi connectivity index (χ0n) is 18.4. The quantitative estimate of drug-likeness (QED) is 0.379. The van der Waals surface area contributed by atoms with Crippen LogP contribution in [0.5, 0.6) is 0 Å². The van der Waals surface area contributed by atoms with Crippen molar-refractivity contribution in [2.45, 2.75) is 31.5 Å². The van der Waals surface area contributed by atoms with Crippen LogP contribution in [-0.2, 0) is 39.3 Å². The summed E-state index contributed by atoms with van der Waals surface area (Å²) in [6.07, 6.45) is 1.32. The van der Waals surface area contributed by atoms with Gasteiger partial charge in [-0.1, -0.05) is 12.1 Å². The number of benzene rings is 2. The third-order valence-electron chi connectivity index (χ3n) is 5.29. The number of aromatic nitrogens is 4. The van der Waals surface area contributed by atoms with Crippen LogP contribution in [0.1, 0.15) is 12.7 Å². The molecule has 0 fully saturated rings. The van der Waals surface area contributed by atoms with Crippen molar-refractivity contribution in [2.24, 2.45) is 0 Å². The Morgan fingerprint density at radius 2 is 1.88 bits per heavy atom. The Hall–Kier alpha value is -3.57. The summed E-state index contributed by atoms with van der Waals surface area (Å²) < 4.78 is 34.4. The zero-order valence-corrected chi connectivity index (χ0v) is 19.2. The van der Waals surface area contributed by atoms with Crippen LogP contribution >= 0.6 is 0 Å². The fraction of sp³-hybridized carbons (Fsp3) is 0.273. The molecule has 4 rings (SSSR count). The molecule has 0 spiro atoms. The molecule has 2 aromatic heterocycles. The second-order valence-corrected chi connectivity index (χ2v) is 9.72. The molecule has 0 atom stereocenters. The van der Waals surface area contributed by atoms with Crippen LogP contribution in [0.2, 0.25) is 0 Å². The van der Waals surface area contributed by atoms with Crippen molar-refractivity contribution < 1.29 is 17.9 Å². The number of hydrogen-bond donors (Lipinski definition) is 0. The van der Waals surface area contributed by atoms with Gasteiger partial charge in [0.2, 0.25) is 10.0 Å². The van der Waals surface area contributed by atoms with E-state index >= 15 is 0 Å². The zero-order chi connectivity index (χ0) is 23.8. The van der Waals surface area contributed by atoms with Crippen LogP contribution in [0.4, 0.5) is 0 Å². The predicted octanol–water partition coefficient (Wildman–Crippen LogP) is 1.76. The molecule has 172 valence electrons. The summed E-state index contributed by atoms with van der Waals surface area (Å²) in [5.41, 5.74) is 1.45. The minimum Gasteiger partial charge on any atom is -0.456 e. The molecule has 2 heterocycles. The van der Waals surface area contributed by atoms with Gasteiger partial charge in [0.15, 0.2) is 0 Å². The van der Waals surface area contributed by atoms with E-state index in [1.165, 1.54) is 37.1 Å². The highest BCUT2D eigenvalue weighted by molar-refractivity contribution is 7.89. The van der Waals surface area contributed by atoms with Crippen molar-refractivity contribution in [3.8, 4) is 0 Å². The average Bonchev–Trinajstić information content (AvgIpc) is 3.16. The van der Waals surface area contributed by atoms with Gasteiger partial charge in [-0.25, -0.2) is 22.7 Å². The highest BCUT2D eigenvalue weighted by atomic mass is 32.2. The average molecular weight is 470 g/mol. The van der Waals surface area contributed by atoms with Gasteiger partial charge in [0, 0.05) is 20.6 Å². The number of ether oxygens (including phenoxy) is 1. The predicted molar refractivity (Wildman–Crippen MR) is 122 cm³/mol. The summed E-state index contributed by atoms with van der Waals surface area (Å²) in [6.45, 7) is 2.07. The molecule has 0 saturated heterocycles. The molecular formula is C22H23N5O5S. The van der Waals surface area contributed by atoms with E-state index in [0.29, 0.717) is 28.8 Å². The fourth-order valence-electron chi connectivity index (χ4n) is 3.54. The Balaban J connectivity index is 1.55. The van der Waals surface area contributed by atoms with E-state index in [-0.39, 0.29) is 23.6 Å². The van der Waals surface area contributed by atoms with E-state index in [9.17, 15) is 18.0 Å². The number of hydrogen-bond acceptors (Lipinski definition) is 7. The highest BCUT2D eigenvalue weighted by Crippen LogP contribution is 2.22. The van der Waals surface area contributed by atoms with Crippen LogP contribution in [0.15, 0.2) is 58.5 Å². The number of carbonyl (C=O) groups excluding carboxylic acids is 1. The van der Waals surface area contributed by atoms with Crippen LogP contribution in [-0.4, -0.2) is 51.9 Å². The Labute approximate surface area is 190 Å². The van der Waals surface area contributed by atoms with Crippen LogP contribution in [0, 0.1) is 0 Å². The second kappa shape index (κ2) is 8.75. The van der Waals surface area contributed by atoms with Gasteiger partial charge < -0.3 is 9.30 Å². The molecule has 11 heteroatoms. The largest absolute Gasteiger partial charge is 0.456 e. The SMILES string of the molecule is CCn1c(COC(=O)Cn2cnc3ccccc3c2=O)nc2cc(S(=O)(=O)N(C)C)ccc21. The van der Waals surface area contributed by atoms with E-state index in [4.69, 9.17) is 4.74 Å². The van der Waals surface area contributed by atoms with Gasteiger partial charge >= 0.3 is 5.97 Å². The molecule has 0 aliphatic carbocycles. The van der Waals surface area contributed by atoms with Crippen molar-refractivity contribution in [3.05, 3.63) is 65.0 Å². The van der Waals surface area contributed by atoms with E-state index in [1.807, 2.05) is 11.5 Å². The minimum atomic E-state index is -3.60. The molecule has 0 saturated carbocycles. The summed E-state index contributed by atoms with van der Waals surface area (Å²) in [5.74, 6) is -0.135. The number of imidazole rings is 1. The smallest absolute Gasteiger partial charge is 0.326 e. The lowest BCUT2D eigenvalue weighted by atomic mass is 10.2. The van der Waals surface area contributed by atoms with Crippen LogP contribution in [0.25, 0.3) is 21.9 Å². The maximum atomic E-state index is 12.6. The summed E-state index contributed by atoms with van der Waals surface area (Å²) >= 11 is 0. The molecule has 0 radical (unpaired) electrons. The van der Waals surface area contributed by atoms with E-state index in [2.05, 4.69) is 9.97 Å². The number of sulfonamides is 1. The molecule has 4 aromatic rings. The normalized spacial score (nSPS) is 12.0. The topological polar surface area (TPSA) is 116 Å². The fourth-order valence-corrected chi connectivity index (χ4v) is 4.46. The van der Waals surface area contributed by atoms with Crippen molar-refractivity contribution in [3.63, 3.8) is 0 Å². The summed E-state index contributed by atoms with van der Waals surface area (Å²) in [5, 5.41) is 0.420. The van der Waals surface area contributed by atoms with Gasteiger partial charge in [0.1, 0.15) is 19.0 Å². The van der Waals surface area contributed by atoms with Gasteiger partial charge in [-0.2, -0.15) is 0 Å². The monoisotopic (exact) mass is 469 g/mol. The standard InChI is InChI=1S/C22H23N5O5S/c1-4-27-19-10-9-15(33(30,31)25(2)3)11-18(19)24-20(27)13-32-21(28)12-26-14-23-17-8-6-5-7-16(17)22(26)29/h5-11,14H,4,12-13H2,1-3H3. The van der Waals surface area contributed by atoms with Crippen molar-refractivity contribution >= 4 is 37.9 Å². The third-order valence-corrected chi connectivity index (χ3v) is 7.10.